The van der Waals surface area contributed by atoms with Crippen LogP contribution in [-0.4, -0.2) is 0 Å². The quantitative estimate of drug-likeness (QED) is 0.581. The molecule has 2 aliphatic rings. The highest BCUT2D eigenvalue weighted by molar-refractivity contribution is 5.26. The highest BCUT2D eigenvalue weighted by atomic mass is 14.6. The van der Waals surface area contributed by atoms with Crippen molar-refractivity contribution in [2.24, 2.45) is 17.3 Å². The van der Waals surface area contributed by atoms with Crippen LogP contribution in [0, 0.1) is 17.3 Å². The van der Waals surface area contributed by atoms with Gasteiger partial charge in [0.1, 0.15) is 0 Å². The van der Waals surface area contributed by atoms with Crippen molar-refractivity contribution in [3.63, 3.8) is 0 Å². The van der Waals surface area contributed by atoms with E-state index in [2.05, 4.69) is 33.4 Å². The Balaban J connectivity index is 1.85. The summed E-state index contributed by atoms with van der Waals surface area (Å²) in [4.78, 5) is 0. The molecule has 3 atom stereocenters. The Hall–Kier alpha value is -0.520. The van der Waals surface area contributed by atoms with Crippen LogP contribution in [0.5, 0.6) is 0 Å². The zero-order chi connectivity index (χ0) is 11.1. The summed E-state index contributed by atoms with van der Waals surface area (Å²) in [6.07, 6.45) is 9.19. The van der Waals surface area contributed by atoms with Gasteiger partial charge in [-0.05, 0) is 63.2 Å². The van der Waals surface area contributed by atoms with Crippen LogP contribution in [0.4, 0.5) is 0 Å². The van der Waals surface area contributed by atoms with Crippen molar-refractivity contribution in [3.8, 4) is 0 Å². The lowest BCUT2D eigenvalue weighted by atomic mass is 9.85. The van der Waals surface area contributed by atoms with Crippen molar-refractivity contribution < 1.29 is 0 Å². The second kappa shape index (κ2) is 3.81. The Bertz CT molecular complexity index is 293. The molecule has 15 heavy (non-hydrogen) atoms. The smallest absolute Gasteiger partial charge is 0.0141 e. The standard InChI is InChI=1S/C15H24/c1-11(2)6-5-7-13(4)15-9-8-12(3)14(15)10-15/h6,13-14H,3,5,7-10H2,1-2,4H3/t13-,14+,15+/m0/s1. The van der Waals surface area contributed by atoms with Gasteiger partial charge in [0.2, 0.25) is 0 Å². The summed E-state index contributed by atoms with van der Waals surface area (Å²) in [5.74, 6) is 1.80. The van der Waals surface area contributed by atoms with Crippen molar-refractivity contribution in [3.05, 3.63) is 23.8 Å². The fourth-order valence-corrected chi connectivity index (χ4v) is 3.42. The zero-order valence-electron chi connectivity index (χ0n) is 10.5. The fraction of sp³-hybridized carbons (Fsp3) is 0.733. The molecule has 0 heterocycles. The summed E-state index contributed by atoms with van der Waals surface area (Å²) < 4.78 is 0. The van der Waals surface area contributed by atoms with E-state index in [-0.39, 0.29) is 0 Å². The van der Waals surface area contributed by atoms with Crippen LogP contribution in [-0.2, 0) is 0 Å². The minimum absolute atomic E-state index is 0.701. The van der Waals surface area contributed by atoms with Gasteiger partial charge in [-0.2, -0.15) is 0 Å². The van der Waals surface area contributed by atoms with Gasteiger partial charge in [-0.3, -0.25) is 0 Å². The Morgan fingerprint density at radius 1 is 1.60 bits per heavy atom. The molecule has 2 fully saturated rings. The molecule has 2 rings (SSSR count). The fourth-order valence-electron chi connectivity index (χ4n) is 3.42. The van der Waals surface area contributed by atoms with Gasteiger partial charge in [-0.25, -0.2) is 0 Å². The van der Waals surface area contributed by atoms with E-state index >= 15 is 0 Å². The maximum absolute atomic E-state index is 4.20. The molecule has 0 radical (unpaired) electrons. The molecule has 2 saturated carbocycles. The third-order valence-corrected chi connectivity index (χ3v) is 4.66. The SMILES string of the molecule is C=C1CC[C@]2([C@@H](C)CCC=C(C)C)C[C@H]12. The summed E-state index contributed by atoms with van der Waals surface area (Å²) in [7, 11) is 0. The number of fused-ring (bicyclic) bond motifs is 1. The summed E-state index contributed by atoms with van der Waals surface area (Å²) in [5, 5.41) is 0. The first kappa shape index (κ1) is 11.0. The van der Waals surface area contributed by atoms with Gasteiger partial charge in [0, 0.05) is 0 Å². The predicted octanol–water partition coefficient (Wildman–Crippen LogP) is 4.73. The van der Waals surface area contributed by atoms with E-state index in [4.69, 9.17) is 0 Å². The number of hydrogen-bond donors (Lipinski definition) is 0. The van der Waals surface area contributed by atoms with Gasteiger partial charge in [0.15, 0.2) is 0 Å². The molecule has 0 unspecified atom stereocenters. The van der Waals surface area contributed by atoms with Crippen molar-refractivity contribution in [1.29, 1.82) is 0 Å². The van der Waals surface area contributed by atoms with Gasteiger partial charge >= 0.3 is 0 Å². The van der Waals surface area contributed by atoms with Crippen LogP contribution < -0.4 is 0 Å². The molecule has 0 N–H and O–H groups in total. The minimum Gasteiger partial charge on any atom is -0.0996 e. The summed E-state index contributed by atoms with van der Waals surface area (Å²) in [6, 6.07) is 0. The predicted molar refractivity (Wildman–Crippen MR) is 66.7 cm³/mol. The average molecular weight is 204 g/mol. The van der Waals surface area contributed by atoms with Crippen molar-refractivity contribution in [1.82, 2.24) is 0 Å². The molecule has 0 amide bonds. The third kappa shape index (κ3) is 1.91. The molecular weight excluding hydrogens is 180 g/mol. The highest BCUT2D eigenvalue weighted by Crippen LogP contribution is 2.69. The molecule has 0 saturated heterocycles. The lowest BCUT2D eigenvalue weighted by molar-refractivity contribution is 0.302. The van der Waals surface area contributed by atoms with E-state index < -0.39 is 0 Å². The van der Waals surface area contributed by atoms with E-state index in [0.29, 0.717) is 5.41 Å². The Morgan fingerprint density at radius 3 is 2.80 bits per heavy atom. The Morgan fingerprint density at radius 2 is 2.33 bits per heavy atom. The Labute approximate surface area is 94.5 Å². The van der Waals surface area contributed by atoms with Gasteiger partial charge < -0.3 is 0 Å². The first-order valence-corrected chi connectivity index (χ1v) is 6.37. The topological polar surface area (TPSA) is 0 Å². The van der Waals surface area contributed by atoms with Crippen molar-refractivity contribution in [2.75, 3.05) is 0 Å². The first-order chi connectivity index (χ1) is 7.06. The van der Waals surface area contributed by atoms with Crippen molar-refractivity contribution in [2.45, 2.75) is 52.9 Å². The maximum Gasteiger partial charge on any atom is -0.0141 e. The van der Waals surface area contributed by atoms with Crippen LogP contribution >= 0.6 is 0 Å². The number of hydrogen-bond acceptors (Lipinski definition) is 0. The molecular formula is C15H24. The molecule has 0 nitrogen and oxygen atoms in total. The first-order valence-electron chi connectivity index (χ1n) is 6.37. The second-order valence-electron chi connectivity index (χ2n) is 5.91. The Kier molecular flexibility index (Phi) is 2.79. The monoisotopic (exact) mass is 204 g/mol. The lowest BCUT2D eigenvalue weighted by Gasteiger charge is -2.20. The van der Waals surface area contributed by atoms with Gasteiger partial charge in [0.05, 0.1) is 0 Å². The van der Waals surface area contributed by atoms with Crippen LogP contribution in [0.15, 0.2) is 23.8 Å². The summed E-state index contributed by atoms with van der Waals surface area (Å²) in [6.45, 7) is 11.0. The molecule has 0 aromatic rings. The molecule has 84 valence electrons. The number of allylic oxidation sites excluding steroid dienone is 3. The van der Waals surface area contributed by atoms with Gasteiger partial charge in [-0.15, -0.1) is 0 Å². The van der Waals surface area contributed by atoms with Crippen LogP contribution in [0.3, 0.4) is 0 Å². The molecule has 2 aliphatic carbocycles. The molecule has 0 heteroatoms. The highest BCUT2D eigenvalue weighted by Gasteiger charge is 2.60. The molecule has 0 aliphatic heterocycles. The van der Waals surface area contributed by atoms with Gasteiger partial charge in [0.25, 0.3) is 0 Å². The normalized spacial score (nSPS) is 34.9. The lowest BCUT2D eigenvalue weighted by Crippen LogP contribution is -2.11. The molecule has 0 bridgehead atoms. The number of rotatable bonds is 4. The van der Waals surface area contributed by atoms with Gasteiger partial charge in [-0.1, -0.05) is 30.7 Å². The van der Waals surface area contributed by atoms with E-state index in [1.54, 1.807) is 5.57 Å². The van der Waals surface area contributed by atoms with Crippen molar-refractivity contribution >= 4 is 0 Å². The van der Waals surface area contributed by atoms with E-state index in [0.717, 1.165) is 11.8 Å². The van der Waals surface area contributed by atoms with Crippen LogP contribution in [0.25, 0.3) is 0 Å². The van der Waals surface area contributed by atoms with Crippen LogP contribution in [0.2, 0.25) is 0 Å². The van der Waals surface area contributed by atoms with E-state index in [9.17, 15) is 0 Å². The molecule has 0 spiro atoms. The zero-order valence-corrected chi connectivity index (χ0v) is 10.5. The minimum atomic E-state index is 0.701. The third-order valence-electron chi connectivity index (χ3n) is 4.66. The maximum atomic E-state index is 4.20. The second-order valence-corrected chi connectivity index (χ2v) is 5.91. The largest absolute Gasteiger partial charge is 0.0996 e. The molecule has 0 aromatic heterocycles. The summed E-state index contributed by atoms with van der Waals surface area (Å²) in [5.41, 5.74) is 3.71. The summed E-state index contributed by atoms with van der Waals surface area (Å²) >= 11 is 0. The van der Waals surface area contributed by atoms with E-state index in [1.165, 1.54) is 37.7 Å². The van der Waals surface area contributed by atoms with Crippen LogP contribution in [0.1, 0.15) is 52.9 Å². The molecule has 0 aromatic carbocycles. The van der Waals surface area contributed by atoms with E-state index in [1.807, 2.05) is 0 Å². The average Bonchev–Trinajstić information content (AvgIpc) is 2.82.